The fourth-order valence-electron chi connectivity index (χ4n) is 6.04. The van der Waals surface area contributed by atoms with E-state index in [1.54, 1.807) is 0 Å². The van der Waals surface area contributed by atoms with E-state index >= 15 is 0 Å². The molecule has 0 N–H and O–H groups in total. The molecule has 0 fully saturated rings. The number of hydrogen-bond donors (Lipinski definition) is 0. The van der Waals surface area contributed by atoms with Crippen LogP contribution in [0.15, 0.2) is 122 Å². The second kappa shape index (κ2) is 48.5. The molecule has 342 valence electrons. The molecule has 0 aromatic rings. The van der Waals surface area contributed by atoms with Gasteiger partial charge in [-0.3, -0.25) is 14.4 Å². The van der Waals surface area contributed by atoms with Crippen LogP contribution in [-0.4, -0.2) is 37.2 Å². The van der Waals surface area contributed by atoms with E-state index in [0.717, 1.165) is 116 Å². The standard InChI is InChI=1S/C55H86O6/c1-4-7-10-13-16-19-22-25-27-30-33-36-39-42-45-48-54(57)60-51-52(50-59-53(56)47-44-41-38-35-32-29-24-21-18-15-12-9-6-3)61-55(58)49-46-43-40-37-34-31-28-26-23-20-17-14-11-8-5-2/h7,9-10,12-13,15-27,30,33,52H,4-6,8,11,14,28-29,31-32,34-51H2,1-3H3/b10-7-,12-9-,16-13-,18-15-,20-17-,22-19-,24-21-,26-23-,27-25-,33-30-. The SMILES string of the molecule is CC\C=C/C=C\C=C/C=C\C=C/CCCCCC(=O)OCC(COC(=O)CCCCCCC\C=C/C=C\C=C/CC)OC(=O)CCCCCCCC/C=C\C=C/CCCCC. The van der Waals surface area contributed by atoms with Gasteiger partial charge in [0.05, 0.1) is 0 Å². The lowest BCUT2D eigenvalue weighted by Crippen LogP contribution is -2.30. The minimum Gasteiger partial charge on any atom is -0.462 e. The van der Waals surface area contributed by atoms with Crippen LogP contribution in [-0.2, 0) is 28.6 Å². The van der Waals surface area contributed by atoms with Gasteiger partial charge in [-0.15, -0.1) is 0 Å². The van der Waals surface area contributed by atoms with Gasteiger partial charge in [-0.25, -0.2) is 0 Å². The van der Waals surface area contributed by atoms with Gasteiger partial charge < -0.3 is 14.2 Å². The molecule has 0 radical (unpaired) electrons. The summed E-state index contributed by atoms with van der Waals surface area (Å²) in [6, 6.07) is 0. The van der Waals surface area contributed by atoms with Crippen molar-refractivity contribution in [1.29, 1.82) is 0 Å². The summed E-state index contributed by atoms with van der Waals surface area (Å²) in [6.45, 7) is 6.24. The number of allylic oxidation sites excluding steroid dienone is 20. The number of unbranched alkanes of at least 4 members (excludes halogenated alkanes) is 17. The second-order valence-corrected chi connectivity index (χ2v) is 15.5. The van der Waals surface area contributed by atoms with Crippen molar-refractivity contribution < 1.29 is 28.6 Å². The summed E-state index contributed by atoms with van der Waals surface area (Å²) in [7, 11) is 0. The Morgan fingerprint density at radius 1 is 0.344 bits per heavy atom. The average molecular weight is 843 g/mol. The first-order valence-electron chi connectivity index (χ1n) is 24.2. The first kappa shape index (κ1) is 56.8. The number of rotatable bonds is 41. The quantitative estimate of drug-likeness (QED) is 0.0264. The molecule has 1 unspecified atom stereocenters. The highest BCUT2D eigenvalue weighted by Crippen LogP contribution is 2.13. The summed E-state index contributed by atoms with van der Waals surface area (Å²) in [6.07, 6.45) is 66.0. The van der Waals surface area contributed by atoms with Crippen LogP contribution >= 0.6 is 0 Å². The Labute approximate surface area is 373 Å². The lowest BCUT2D eigenvalue weighted by Gasteiger charge is -2.18. The van der Waals surface area contributed by atoms with Gasteiger partial charge in [-0.05, 0) is 83.5 Å². The number of esters is 3. The highest BCUT2D eigenvalue weighted by Gasteiger charge is 2.19. The summed E-state index contributed by atoms with van der Waals surface area (Å²) in [5.74, 6) is -0.996. The van der Waals surface area contributed by atoms with E-state index in [9.17, 15) is 14.4 Å². The van der Waals surface area contributed by atoms with Gasteiger partial charge >= 0.3 is 17.9 Å². The molecule has 0 aliphatic heterocycles. The predicted octanol–water partition coefficient (Wildman–Crippen LogP) is 15.7. The summed E-state index contributed by atoms with van der Waals surface area (Å²) < 4.78 is 16.7. The normalized spacial score (nSPS) is 13.2. The van der Waals surface area contributed by atoms with Crippen LogP contribution in [0.3, 0.4) is 0 Å². The van der Waals surface area contributed by atoms with Crippen molar-refractivity contribution in [2.75, 3.05) is 13.2 Å². The predicted molar refractivity (Wildman–Crippen MR) is 260 cm³/mol. The lowest BCUT2D eigenvalue weighted by atomic mass is 10.1. The first-order valence-corrected chi connectivity index (χ1v) is 24.2. The van der Waals surface area contributed by atoms with E-state index in [-0.39, 0.29) is 31.1 Å². The zero-order chi connectivity index (χ0) is 44.4. The maximum Gasteiger partial charge on any atom is 0.306 e. The highest BCUT2D eigenvalue weighted by molar-refractivity contribution is 5.71. The number of hydrogen-bond acceptors (Lipinski definition) is 6. The molecule has 0 aromatic carbocycles. The molecule has 0 heterocycles. The van der Waals surface area contributed by atoms with Crippen LogP contribution < -0.4 is 0 Å². The minimum absolute atomic E-state index is 0.112. The topological polar surface area (TPSA) is 78.9 Å². The van der Waals surface area contributed by atoms with E-state index in [1.165, 1.54) is 32.1 Å². The molecular weight excluding hydrogens is 757 g/mol. The molecule has 0 spiro atoms. The van der Waals surface area contributed by atoms with Crippen molar-refractivity contribution >= 4 is 17.9 Å². The van der Waals surface area contributed by atoms with Crippen molar-refractivity contribution in [2.24, 2.45) is 0 Å². The van der Waals surface area contributed by atoms with Gasteiger partial charge in [-0.2, -0.15) is 0 Å². The molecule has 0 saturated heterocycles. The molecule has 6 nitrogen and oxygen atoms in total. The minimum atomic E-state index is -0.813. The van der Waals surface area contributed by atoms with Gasteiger partial charge in [-0.1, -0.05) is 206 Å². The molecule has 0 saturated carbocycles. The van der Waals surface area contributed by atoms with Gasteiger partial charge in [0.15, 0.2) is 6.10 Å². The van der Waals surface area contributed by atoms with E-state index in [0.29, 0.717) is 19.3 Å². The van der Waals surface area contributed by atoms with Crippen molar-refractivity contribution in [3.8, 4) is 0 Å². The molecule has 0 rings (SSSR count). The lowest BCUT2D eigenvalue weighted by molar-refractivity contribution is -0.167. The van der Waals surface area contributed by atoms with E-state index in [2.05, 4.69) is 87.6 Å². The summed E-state index contributed by atoms with van der Waals surface area (Å²) in [4.78, 5) is 37.9. The average Bonchev–Trinajstić information content (AvgIpc) is 3.26. The fraction of sp³-hybridized carbons (Fsp3) is 0.582. The molecule has 61 heavy (non-hydrogen) atoms. The van der Waals surface area contributed by atoms with Crippen LogP contribution in [0.4, 0.5) is 0 Å². The van der Waals surface area contributed by atoms with E-state index in [4.69, 9.17) is 14.2 Å². The zero-order valence-electron chi connectivity index (χ0n) is 38.9. The highest BCUT2D eigenvalue weighted by atomic mass is 16.6. The molecule has 6 heteroatoms. The van der Waals surface area contributed by atoms with Crippen molar-refractivity contribution in [3.63, 3.8) is 0 Å². The Morgan fingerprint density at radius 3 is 1.03 bits per heavy atom. The summed E-state index contributed by atoms with van der Waals surface area (Å²) >= 11 is 0. The molecule has 0 bridgehead atoms. The number of ether oxygens (including phenoxy) is 3. The number of carbonyl (C=O) groups is 3. The Kier molecular flexibility index (Phi) is 45.1. The molecule has 1 atom stereocenters. The van der Waals surface area contributed by atoms with E-state index in [1.807, 2.05) is 54.7 Å². The Balaban J connectivity index is 4.55. The fourth-order valence-corrected chi connectivity index (χ4v) is 6.04. The smallest absolute Gasteiger partial charge is 0.306 e. The van der Waals surface area contributed by atoms with Gasteiger partial charge in [0.25, 0.3) is 0 Å². The summed E-state index contributed by atoms with van der Waals surface area (Å²) in [5.41, 5.74) is 0. The molecular formula is C55H86O6. The zero-order valence-corrected chi connectivity index (χ0v) is 38.9. The van der Waals surface area contributed by atoms with Crippen LogP contribution in [0, 0.1) is 0 Å². The largest absolute Gasteiger partial charge is 0.462 e. The Morgan fingerprint density at radius 2 is 0.639 bits per heavy atom. The van der Waals surface area contributed by atoms with Crippen molar-refractivity contribution in [3.05, 3.63) is 122 Å². The third kappa shape index (κ3) is 46.7. The maximum atomic E-state index is 12.8. The molecule has 0 aliphatic rings. The van der Waals surface area contributed by atoms with Crippen LogP contribution in [0.2, 0.25) is 0 Å². The van der Waals surface area contributed by atoms with Gasteiger partial charge in [0, 0.05) is 19.3 Å². The molecule has 0 amide bonds. The third-order valence-electron chi connectivity index (χ3n) is 9.65. The summed E-state index contributed by atoms with van der Waals surface area (Å²) in [5, 5.41) is 0. The Hall–Kier alpha value is -4.19. The van der Waals surface area contributed by atoms with E-state index < -0.39 is 6.10 Å². The molecule has 0 aromatic heterocycles. The molecule has 0 aliphatic carbocycles. The first-order chi connectivity index (χ1) is 30.0. The van der Waals surface area contributed by atoms with Crippen molar-refractivity contribution in [2.45, 2.75) is 194 Å². The third-order valence-corrected chi connectivity index (χ3v) is 9.65. The van der Waals surface area contributed by atoms with Crippen LogP contribution in [0.1, 0.15) is 188 Å². The van der Waals surface area contributed by atoms with Gasteiger partial charge in [0.2, 0.25) is 0 Å². The van der Waals surface area contributed by atoms with Crippen LogP contribution in [0.25, 0.3) is 0 Å². The Bertz CT molecular complexity index is 1340. The van der Waals surface area contributed by atoms with Crippen molar-refractivity contribution in [1.82, 2.24) is 0 Å². The number of carbonyl (C=O) groups excluding carboxylic acids is 3. The van der Waals surface area contributed by atoms with Gasteiger partial charge in [0.1, 0.15) is 13.2 Å². The van der Waals surface area contributed by atoms with Crippen LogP contribution in [0.5, 0.6) is 0 Å². The second-order valence-electron chi connectivity index (χ2n) is 15.5. The maximum absolute atomic E-state index is 12.8. The monoisotopic (exact) mass is 843 g/mol.